The fourth-order valence-electron chi connectivity index (χ4n) is 8.99. The van der Waals surface area contributed by atoms with Crippen LogP contribution in [0.1, 0.15) is 0 Å². The molecule has 0 radical (unpaired) electrons. The molecule has 0 unspecified atom stereocenters. The Bertz CT molecular complexity index is 3240. The highest BCUT2D eigenvalue weighted by atomic mass is 15.1. The smallest absolute Gasteiger partial charge is 0.0468 e. The molecule has 276 valence electrons. The van der Waals surface area contributed by atoms with Gasteiger partial charge < -0.3 is 4.90 Å². The zero-order valence-electron chi connectivity index (χ0n) is 32.5. The molecule has 11 aromatic carbocycles. The van der Waals surface area contributed by atoms with Gasteiger partial charge in [0.1, 0.15) is 0 Å². The van der Waals surface area contributed by atoms with Crippen molar-refractivity contribution < 1.29 is 0 Å². The van der Waals surface area contributed by atoms with Gasteiger partial charge in [0.15, 0.2) is 0 Å². The van der Waals surface area contributed by atoms with Crippen LogP contribution < -0.4 is 4.90 Å². The first-order valence-corrected chi connectivity index (χ1v) is 20.3. The lowest BCUT2D eigenvalue weighted by molar-refractivity contribution is 1.29. The van der Waals surface area contributed by atoms with Crippen LogP contribution in [0.5, 0.6) is 0 Å². The molecule has 0 aliphatic rings. The maximum atomic E-state index is 2.40. The van der Waals surface area contributed by atoms with Gasteiger partial charge in [-0.05, 0) is 124 Å². The van der Waals surface area contributed by atoms with E-state index in [1.165, 1.54) is 87.6 Å². The van der Waals surface area contributed by atoms with E-state index in [2.05, 4.69) is 241 Å². The van der Waals surface area contributed by atoms with Crippen LogP contribution in [0.3, 0.4) is 0 Å². The average Bonchev–Trinajstić information content (AvgIpc) is 3.32. The van der Waals surface area contributed by atoms with Crippen LogP contribution in [-0.2, 0) is 0 Å². The van der Waals surface area contributed by atoms with Crippen LogP contribution in [0.15, 0.2) is 237 Å². The Balaban J connectivity index is 1.05. The van der Waals surface area contributed by atoms with Crippen LogP contribution in [0, 0.1) is 0 Å². The van der Waals surface area contributed by atoms with Crippen molar-refractivity contribution in [3.05, 3.63) is 237 Å². The van der Waals surface area contributed by atoms with Crippen molar-refractivity contribution in [2.24, 2.45) is 0 Å². The van der Waals surface area contributed by atoms with E-state index in [9.17, 15) is 0 Å². The molecule has 0 saturated heterocycles. The van der Waals surface area contributed by atoms with Gasteiger partial charge in [-0.3, -0.25) is 0 Å². The van der Waals surface area contributed by atoms with Crippen molar-refractivity contribution in [3.63, 3.8) is 0 Å². The molecule has 0 atom stereocenters. The number of hydrogen-bond donors (Lipinski definition) is 0. The van der Waals surface area contributed by atoms with Gasteiger partial charge in [0.2, 0.25) is 0 Å². The maximum absolute atomic E-state index is 2.40. The molecule has 0 heterocycles. The standard InChI is InChI=1S/C58H39N/c1-3-13-40(14-4-1)41-23-25-42(26-24-41)43-27-32-47(33-28-43)59(49-36-38-56-54-21-10-9-19-52(54)53-20-11-12-22-55(53)57(56)39-49)48-34-29-46(30-35-48)58-50-18-8-7-17-45(50)31-37-51(58)44-15-5-2-6-16-44/h1-39H. The van der Waals surface area contributed by atoms with Crippen molar-refractivity contribution in [1.82, 2.24) is 0 Å². The summed E-state index contributed by atoms with van der Waals surface area (Å²) in [5.74, 6) is 0. The fraction of sp³-hybridized carbons (Fsp3) is 0. The van der Waals surface area contributed by atoms with Gasteiger partial charge in [0.25, 0.3) is 0 Å². The van der Waals surface area contributed by atoms with E-state index < -0.39 is 0 Å². The molecular weight excluding hydrogens is 711 g/mol. The highest BCUT2D eigenvalue weighted by molar-refractivity contribution is 6.25. The first kappa shape index (κ1) is 34.5. The molecule has 11 aromatic rings. The van der Waals surface area contributed by atoms with E-state index in [0.717, 1.165) is 17.1 Å². The van der Waals surface area contributed by atoms with Gasteiger partial charge in [-0.1, -0.05) is 200 Å². The lowest BCUT2D eigenvalue weighted by atomic mass is 9.89. The van der Waals surface area contributed by atoms with E-state index in [4.69, 9.17) is 0 Å². The van der Waals surface area contributed by atoms with Crippen LogP contribution in [-0.4, -0.2) is 0 Å². The molecule has 0 aliphatic carbocycles. The number of nitrogens with zero attached hydrogens (tertiary/aromatic N) is 1. The Hall–Kier alpha value is -7.74. The summed E-state index contributed by atoms with van der Waals surface area (Å²) in [6.07, 6.45) is 0. The third-order valence-electron chi connectivity index (χ3n) is 11.9. The van der Waals surface area contributed by atoms with E-state index in [1.807, 2.05) is 0 Å². The molecule has 0 aromatic heterocycles. The minimum atomic E-state index is 1.10. The molecule has 0 saturated carbocycles. The van der Waals surface area contributed by atoms with Crippen molar-refractivity contribution in [3.8, 4) is 44.5 Å². The molecule has 59 heavy (non-hydrogen) atoms. The van der Waals surface area contributed by atoms with E-state index in [-0.39, 0.29) is 0 Å². The predicted octanol–water partition coefficient (Wildman–Crippen LogP) is 16.4. The van der Waals surface area contributed by atoms with Gasteiger partial charge >= 0.3 is 0 Å². The van der Waals surface area contributed by atoms with Crippen molar-refractivity contribution in [2.45, 2.75) is 0 Å². The molecular formula is C58H39N. The summed E-state index contributed by atoms with van der Waals surface area (Å²) in [7, 11) is 0. The molecule has 11 rings (SSSR count). The average molecular weight is 750 g/mol. The zero-order chi connectivity index (χ0) is 39.1. The van der Waals surface area contributed by atoms with Gasteiger partial charge in [0, 0.05) is 17.1 Å². The van der Waals surface area contributed by atoms with Crippen LogP contribution >= 0.6 is 0 Å². The SMILES string of the molecule is c1ccc(-c2ccc(-c3ccc(N(c4ccc(-c5c(-c6ccccc6)ccc6ccccc56)cc4)c4ccc5c6ccccc6c6ccccc6c5c4)cc3)cc2)cc1. The zero-order valence-corrected chi connectivity index (χ0v) is 32.5. The summed E-state index contributed by atoms with van der Waals surface area (Å²) in [5, 5.41) is 10.1. The van der Waals surface area contributed by atoms with Gasteiger partial charge in [-0.25, -0.2) is 0 Å². The summed E-state index contributed by atoms with van der Waals surface area (Å²) in [6, 6.07) is 86.2. The van der Waals surface area contributed by atoms with Gasteiger partial charge in [-0.15, -0.1) is 0 Å². The van der Waals surface area contributed by atoms with Crippen LogP contribution in [0.25, 0.3) is 87.6 Å². The summed E-state index contributed by atoms with van der Waals surface area (Å²) in [6.45, 7) is 0. The molecule has 0 spiro atoms. The second-order valence-corrected chi connectivity index (χ2v) is 15.3. The first-order valence-electron chi connectivity index (χ1n) is 20.3. The van der Waals surface area contributed by atoms with Crippen molar-refractivity contribution in [2.75, 3.05) is 4.90 Å². The lowest BCUT2D eigenvalue weighted by Gasteiger charge is -2.27. The summed E-state index contributed by atoms with van der Waals surface area (Å²) in [5.41, 5.74) is 13.0. The second-order valence-electron chi connectivity index (χ2n) is 15.3. The second kappa shape index (κ2) is 14.6. The largest absolute Gasteiger partial charge is 0.310 e. The van der Waals surface area contributed by atoms with Gasteiger partial charge in [-0.2, -0.15) is 0 Å². The molecule has 0 aliphatic heterocycles. The number of fused-ring (bicyclic) bond motifs is 7. The topological polar surface area (TPSA) is 3.24 Å². The molecule has 0 fully saturated rings. The minimum absolute atomic E-state index is 1.10. The molecule has 0 amide bonds. The quantitative estimate of drug-likeness (QED) is 0.147. The van der Waals surface area contributed by atoms with E-state index in [0.29, 0.717) is 0 Å². The fourth-order valence-corrected chi connectivity index (χ4v) is 8.99. The summed E-state index contributed by atoms with van der Waals surface area (Å²) >= 11 is 0. The predicted molar refractivity (Wildman–Crippen MR) is 253 cm³/mol. The monoisotopic (exact) mass is 749 g/mol. The summed E-state index contributed by atoms with van der Waals surface area (Å²) in [4.78, 5) is 2.40. The van der Waals surface area contributed by atoms with Crippen molar-refractivity contribution >= 4 is 60.2 Å². The highest BCUT2D eigenvalue weighted by Gasteiger charge is 2.18. The van der Waals surface area contributed by atoms with Gasteiger partial charge in [0.05, 0.1) is 0 Å². The van der Waals surface area contributed by atoms with Crippen LogP contribution in [0.2, 0.25) is 0 Å². The Morgan fingerprint density at radius 1 is 0.220 bits per heavy atom. The summed E-state index contributed by atoms with van der Waals surface area (Å²) < 4.78 is 0. The molecule has 0 N–H and O–H groups in total. The maximum Gasteiger partial charge on any atom is 0.0468 e. The Kier molecular flexibility index (Phi) is 8.56. The Labute approximate surface area is 344 Å². The van der Waals surface area contributed by atoms with Crippen LogP contribution in [0.4, 0.5) is 17.1 Å². The van der Waals surface area contributed by atoms with E-state index >= 15 is 0 Å². The third-order valence-corrected chi connectivity index (χ3v) is 11.9. The number of hydrogen-bond acceptors (Lipinski definition) is 1. The number of anilines is 3. The van der Waals surface area contributed by atoms with E-state index in [1.54, 1.807) is 0 Å². The highest BCUT2D eigenvalue weighted by Crippen LogP contribution is 2.43. The normalized spacial score (nSPS) is 11.4. The number of rotatable bonds is 7. The lowest BCUT2D eigenvalue weighted by Crippen LogP contribution is -2.10. The molecule has 1 heteroatoms. The Morgan fingerprint density at radius 2 is 0.610 bits per heavy atom. The Morgan fingerprint density at radius 3 is 1.17 bits per heavy atom. The molecule has 0 bridgehead atoms. The first-order chi connectivity index (χ1) is 29.3. The van der Waals surface area contributed by atoms with Crippen molar-refractivity contribution in [1.29, 1.82) is 0 Å². The minimum Gasteiger partial charge on any atom is -0.310 e. The number of benzene rings is 11. The molecule has 1 nitrogen and oxygen atoms in total. The third kappa shape index (κ3) is 6.21.